The fourth-order valence-electron chi connectivity index (χ4n) is 2.82. The largest absolute Gasteiger partial charge is 0.479 e. The van der Waals surface area contributed by atoms with Crippen LogP contribution in [0.1, 0.15) is 12.5 Å². The van der Waals surface area contributed by atoms with Crippen LogP contribution in [0.5, 0.6) is 0 Å². The van der Waals surface area contributed by atoms with E-state index in [1.807, 2.05) is 30.3 Å². The van der Waals surface area contributed by atoms with Crippen molar-refractivity contribution in [2.45, 2.75) is 30.8 Å². The van der Waals surface area contributed by atoms with E-state index in [0.29, 0.717) is 5.57 Å². The summed E-state index contributed by atoms with van der Waals surface area (Å²) in [5.74, 6) is -1.64. The molecule has 0 saturated carbocycles. The molecule has 2 aliphatic heterocycles. The van der Waals surface area contributed by atoms with Crippen molar-refractivity contribution in [1.82, 2.24) is 10.2 Å². The number of hydrogen-bond donors (Lipinski definition) is 2. The number of nitrogens with one attached hydrogen (secondary N) is 1. The van der Waals surface area contributed by atoms with E-state index in [-0.39, 0.29) is 23.6 Å². The van der Waals surface area contributed by atoms with E-state index in [0.717, 1.165) is 5.56 Å². The Hall–Kier alpha value is -2.28. The van der Waals surface area contributed by atoms with Gasteiger partial charge < -0.3 is 15.3 Å². The summed E-state index contributed by atoms with van der Waals surface area (Å²) < 4.78 is 0. The molecule has 0 aromatic heterocycles. The van der Waals surface area contributed by atoms with E-state index in [4.69, 9.17) is 0 Å². The molecule has 1 fully saturated rings. The Balaban J connectivity index is 1.66. The zero-order valence-electron chi connectivity index (χ0n) is 12.4. The number of hydrogen-bond acceptors (Lipinski definition) is 4. The van der Waals surface area contributed by atoms with Gasteiger partial charge in [-0.15, -0.1) is 11.8 Å². The first-order valence-corrected chi connectivity index (χ1v) is 8.13. The minimum atomic E-state index is -1.05. The molecule has 3 rings (SSSR count). The monoisotopic (exact) mass is 332 g/mol. The molecule has 6 nitrogen and oxygen atoms in total. The second kappa shape index (κ2) is 6.08. The zero-order valence-corrected chi connectivity index (χ0v) is 13.2. The van der Waals surface area contributed by atoms with E-state index < -0.39 is 18.1 Å². The fraction of sp³-hybridized carbons (Fsp3) is 0.312. The number of thioether (sulfide) groups is 1. The maximum absolute atomic E-state index is 12.3. The van der Waals surface area contributed by atoms with Crippen LogP contribution < -0.4 is 5.32 Å². The number of carboxylic acid groups (broad SMARTS) is 1. The van der Waals surface area contributed by atoms with Crippen LogP contribution in [0.15, 0.2) is 41.3 Å². The SMILES string of the molecule is CC1=CSC2C(NC(=O)Cc3ccccc3)C(=O)N2C1C(=O)O. The number of carbonyl (C=O) groups is 3. The minimum absolute atomic E-state index is 0.194. The summed E-state index contributed by atoms with van der Waals surface area (Å²) in [7, 11) is 0. The first-order valence-electron chi connectivity index (χ1n) is 7.19. The molecule has 1 aromatic rings. The number of aliphatic carboxylic acids is 1. The highest BCUT2D eigenvalue weighted by atomic mass is 32.2. The summed E-state index contributed by atoms with van der Waals surface area (Å²) in [6, 6.07) is 7.65. The van der Waals surface area contributed by atoms with E-state index in [2.05, 4.69) is 5.32 Å². The van der Waals surface area contributed by atoms with Gasteiger partial charge in [0.15, 0.2) is 6.04 Å². The van der Waals surface area contributed by atoms with Crippen molar-refractivity contribution in [2.24, 2.45) is 0 Å². The molecular weight excluding hydrogens is 316 g/mol. The van der Waals surface area contributed by atoms with E-state index in [9.17, 15) is 19.5 Å². The van der Waals surface area contributed by atoms with Gasteiger partial charge in [0, 0.05) is 0 Å². The summed E-state index contributed by atoms with van der Waals surface area (Å²) in [5.41, 5.74) is 1.49. The Labute approximate surface area is 137 Å². The van der Waals surface area contributed by atoms with E-state index >= 15 is 0 Å². The molecule has 2 heterocycles. The average Bonchev–Trinajstić information content (AvgIpc) is 2.53. The molecule has 1 aromatic carbocycles. The van der Waals surface area contributed by atoms with Gasteiger partial charge in [0.2, 0.25) is 11.8 Å². The summed E-state index contributed by atoms with van der Waals surface area (Å²) >= 11 is 1.37. The van der Waals surface area contributed by atoms with Crippen molar-refractivity contribution in [1.29, 1.82) is 0 Å². The summed E-state index contributed by atoms with van der Waals surface area (Å²) in [6.45, 7) is 1.69. The first-order chi connectivity index (χ1) is 11.0. The smallest absolute Gasteiger partial charge is 0.330 e. The average molecular weight is 332 g/mol. The van der Waals surface area contributed by atoms with Crippen molar-refractivity contribution >= 4 is 29.5 Å². The molecule has 0 spiro atoms. The molecule has 1 saturated heterocycles. The maximum Gasteiger partial charge on any atom is 0.330 e. The lowest BCUT2D eigenvalue weighted by Crippen LogP contribution is -2.73. The van der Waals surface area contributed by atoms with Gasteiger partial charge in [0.1, 0.15) is 11.4 Å². The van der Waals surface area contributed by atoms with Crippen LogP contribution in [-0.4, -0.2) is 45.2 Å². The van der Waals surface area contributed by atoms with Gasteiger partial charge in [-0.25, -0.2) is 4.79 Å². The van der Waals surface area contributed by atoms with E-state index in [1.165, 1.54) is 16.7 Å². The van der Waals surface area contributed by atoms with Crippen molar-refractivity contribution in [3.8, 4) is 0 Å². The summed E-state index contributed by atoms with van der Waals surface area (Å²) in [5, 5.41) is 13.4. The Kier molecular flexibility index (Phi) is 4.12. The Morgan fingerprint density at radius 3 is 2.65 bits per heavy atom. The highest BCUT2D eigenvalue weighted by Gasteiger charge is 2.55. The number of amides is 2. The standard InChI is InChI=1S/C16H16N2O4S/c1-9-8-23-15-12(14(20)18(15)13(9)16(21)22)17-11(19)7-10-5-3-2-4-6-10/h2-6,8,12-13,15H,7H2,1H3,(H,17,19)(H,21,22). The molecule has 120 valence electrons. The van der Waals surface area contributed by atoms with Crippen molar-refractivity contribution in [3.05, 3.63) is 46.9 Å². The van der Waals surface area contributed by atoms with Crippen LogP contribution in [0, 0.1) is 0 Å². The van der Waals surface area contributed by atoms with Crippen LogP contribution in [0.4, 0.5) is 0 Å². The molecule has 2 N–H and O–H groups in total. The second-order valence-corrected chi connectivity index (χ2v) is 6.57. The van der Waals surface area contributed by atoms with E-state index in [1.54, 1.807) is 12.3 Å². The normalized spacial score (nSPS) is 26.0. The molecular formula is C16H16N2O4S. The van der Waals surface area contributed by atoms with Crippen LogP contribution in [0.3, 0.4) is 0 Å². The Morgan fingerprint density at radius 2 is 2.00 bits per heavy atom. The number of rotatable bonds is 4. The maximum atomic E-state index is 12.3. The number of β-lactam (4-membered cyclic amide) rings is 1. The third kappa shape index (κ3) is 2.84. The van der Waals surface area contributed by atoms with Crippen molar-refractivity contribution < 1.29 is 19.5 Å². The third-order valence-corrected chi connectivity index (χ3v) is 5.23. The molecule has 0 bridgehead atoms. The molecule has 0 aliphatic carbocycles. The first kappa shape index (κ1) is 15.6. The van der Waals surface area contributed by atoms with Crippen molar-refractivity contribution in [2.75, 3.05) is 0 Å². The predicted octanol–water partition coefficient (Wildman–Crippen LogP) is 0.986. The molecule has 2 aliphatic rings. The van der Waals surface area contributed by atoms with Gasteiger partial charge in [-0.2, -0.15) is 0 Å². The van der Waals surface area contributed by atoms with Gasteiger partial charge in [-0.05, 0) is 23.5 Å². The summed E-state index contributed by atoms with van der Waals surface area (Å²) in [4.78, 5) is 37.0. The van der Waals surface area contributed by atoms with Gasteiger partial charge in [0.25, 0.3) is 0 Å². The number of carboxylic acids is 1. The molecule has 3 atom stereocenters. The molecule has 3 unspecified atom stereocenters. The number of carbonyl (C=O) groups excluding carboxylic acids is 2. The molecule has 2 amide bonds. The van der Waals surface area contributed by atoms with Crippen LogP contribution in [0.2, 0.25) is 0 Å². The van der Waals surface area contributed by atoms with Gasteiger partial charge in [0.05, 0.1) is 6.42 Å². The lowest BCUT2D eigenvalue weighted by Gasteiger charge is -2.51. The third-order valence-electron chi connectivity index (χ3n) is 3.94. The van der Waals surface area contributed by atoms with Crippen LogP contribution in [0.25, 0.3) is 0 Å². The molecule has 7 heteroatoms. The van der Waals surface area contributed by atoms with Crippen molar-refractivity contribution in [3.63, 3.8) is 0 Å². The molecule has 0 radical (unpaired) electrons. The number of nitrogens with zero attached hydrogens (tertiary/aromatic N) is 1. The molecule has 23 heavy (non-hydrogen) atoms. The number of benzene rings is 1. The second-order valence-electron chi connectivity index (χ2n) is 5.58. The Morgan fingerprint density at radius 1 is 1.30 bits per heavy atom. The minimum Gasteiger partial charge on any atom is -0.479 e. The predicted molar refractivity (Wildman–Crippen MR) is 85.5 cm³/mol. The van der Waals surface area contributed by atoms with Crippen LogP contribution in [-0.2, 0) is 20.8 Å². The topological polar surface area (TPSA) is 86.7 Å². The quantitative estimate of drug-likeness (QED) is 0.803. The van der Waals surface area contributed by atoms with Crippen LogP contribution >= 0.6 is 11.8 Å². The zero-order chi connectivity index (χ0) is 16.6. The lowest BCUT2D eigenvalue weighted by atomic mass is 9.98. The summed E-state index contributed by atoms with van der Waals surface area (Å²) in [6.07, 6.45) is 0.194. The Bertz CT molecular complexity index is 689. The highest BCUT2D eigenvalue weighted by Crippen LogP contribution is 2.39. The lowest BCUT2D eigenvalue weighted by molar-refractivity contribution is -0.160. The van der Waals surface area contributed by atoms with Gasteiger partial charge in [-0.3, -0.25) is 9.59 Å². The number of fused-ring (bicyclic) bond motifs is 1. The van der Waals surface area contributed by atoms with Gasteiger partial charge in [-0.1, -0.05) is 30.3 Å². The van der Waals surface area contributed by atoms with Gasteiger partial charge >= 0.3 is 5.97 Å². The highest BCUT2D eigenvalue weighted by molar-refractivity contribution is 8.02. The fourth-order valence-corrected chi connectivity index (χ4v) is 4.00.